The van der Waals surface area contributed by atoms with Gasteiger partial charge in [-0.1, -0.05) is 6.92 Å². The van der Waals surface area contributed by atoms with Crippen LogP contribution in [0.1, 0.15) is 19.8 Å². The van der Waals surface area contributed by atoms with E-state index in [2.05, 4.69) is 4.74 Å². The molecule has 0 radical (unpaired) electrons. The van der Waals surface area contributed by atoms with Crippen molar-refractivity contribution in [3.8, 4) is 0 Å². The molecule has 0 aliphatic carbocycles. The van der Waals surface area contributed by atoms with Gasteiger partial charge in [-0.3, -0.25) is 4.79 Å². The third-order valence-corrected chi connectivity index (χ3v) is 1.97. The number of likely N-dealkylation sites (N-methyl/N-ethyl adjacent to an activating group) is 1. The number of nitrogens with zero attached hydrogens (tertiary/aromatic N) is 1. The van der Waals surface area contributed by atoms with Crippen molar-refractivity contribution in [1.29, 1.82) is 0 Å². The van der Waals surface area contributed by atoms with Gasteiger partial charge < -0.3 is 14.7 Å². The van der Waals surface area contributed by atoms with Crippen molar-refractivity contribution in [1.82, 2.24) is 4.90 Å². The van der Waals surface area contributed by atoms with Crippen LogP contribution < -0.4 is 0 Å². The summed E-state index contributed by atoms with van der Waals surface area (Å²) in [5.41, 5.74) is 0. The van der Waals surface area contributed by atoms with Crippen LogP contribution in [0.3, 0.4) is 0 Å². The molecule has 0 aromatic heterocycles. The maximum absolute atomic E-state index is 10.7. The summed E-state index contributed by atoms with van der Waals surface area (Å²) in [6.07, 6.45) is 0.315. The largest absolute Gasteiger partial charge is 0.469 e. The molecule has 0 spiro atoms. The van der Waals surface area contributed by atoms with Gasteiger partial charge in [0.25, 0.3) is 0 Å². The SMILES string of the molecule is CCN(C)CC(O)CCC(=O)OC. The van der Waals surface area contributed by atoms with Gasteiger partial charge in [0.1, 0.15) is 0 Å². The number of hydrogen-bond donors (Lipinski definition) is 1. The van der Waals surface area contributed by atoms with Crippen LogP contribution in [0.15, 0.2) is 0 Å². The van der Waals surface area contributed by atoms with Crippen LogP contribution in [0.4, 0.5) is 0 Å². The molecule has 0 rings (SSSR count). The van der Waals surface area contributed by atoms with E-state index in [0.717, 1.165) is 6.54 Å². The third-order valence-electron chi connectivity index (χ3n) is 1.97. The van der Waals surface area contributed by atoms with E-state index in [1.807, 2.05) is 18.9 Å². The first-order valence-corrected chi connectivity index (χ1v) is 4.53. The monoisotopic (exact) mass is 189 g/mol. The maximum Gasteiger partial charge on any atom is 0.305 e. The summed E-state index contributed by atoms with van der Waals surface area (Å²) >= 11 is 0. The fourth-order valence-corrected chi connectivity index (χ4v) is 0.967. The Morgan fingerprint density at radius 2 is 2.23 bits per heavy atom. The first-order chi connectivity index (χ1) is 6.10. The van der Waals surface area contributed by atoms with E-state index in [-0.39, 0.29) is 12.4 Å². The number of hydrogen-bond acceptors (Lipinski definition) is 4. The summed E-state index contributed by atoms with van der Waals surface area (Å²) in [6, 6.07) is 0. The third kappa shape index (κ3) is 6.54. The van der Waals surface area contributed by atoms with Gasteiger partial charge in [-0.2, -0.15) is 0 Å². The van der Waals surface area contributed by atoms with Crippen LogP contribution in [-0.2, 0) is 9.53 Å². The van der Waals surface area contributed by atoms with Crippen molar-refractivity contribution < 1.29 is 14.6 Å². The molecule has 0 aromatic carbocycles. The van der Waals surface area contributed by atoms with Crippen molar-refractivity contribution in [3.63, 3.8) is 0 Å². The zero-order valence-electron chi connectivity index (χ0n) is 8.62. The van der Waals surface area contributed by atoms with Crippen molar-refractivity contribution >= 4 is 5.97 Å². The number of carbonyl (C=O) groups excluding carboxylic acids is 1. The predicted octanol–water partition coefficient (Wildman–Crippen LogP) is 0.252. The van der Waals surface area contributed by atoms with Crippen molar-refractivity contribution in [2.24, 2.45) is 0 Å². The Hall–Kier alpha value is -0.610. The second-order valence-electron chi connectivity index (χ2n) is 3.12. The Bertz CT molecular complexity index is 150. The normalized spacial score (nSPS) is 13.0. The standard InChI is InChI=1S/C9H19NO3/c1-4-10(2)7-8(11)5-6-9(12)13-3/h8,11H,4-7H2,1-3H3. The average molecular weight is 189 g/mol. The zero-order chi connectivity index (χ0) is 10.3. The number of rotatable bonds is 6. The molecule has 0 bridgehead atoms. The molecule has 0 fully saturated rings. The molecule has 13 heavy (non-hydrogen) atoms. The van der Waals surface area contributed by atoms with Gasteiger partial charge in [0.15, 0.2) is 0 Å². The summed E-state index contributed by atoms with van der Waals surface area (Å²) in [4.78, 5) is 12.7. The number of ether oxygens (including phenoxy) is 1. The Kier molecular flexibility index (Phi) is 6.54. The minimum Gasteiger partial charge on any atom is -0.469 e. The summed E-state index contributed by atoms with van der Waals surface area (Å²) in [5.74, 6) is -0.266. The summed E-state index contributed by atoms with van der Waals surface area (Å²) < 4.78 is 4.47. The quantitative estimate of drug-likeness (QED) is 0.609. The molecule has 0 saturated heterocycles. The summed E-state index contributed by atoms with van der Waals surface area (Å²) in [5, 5.41) is 9.45. The highest BCUT2D eigenvalue weighted by molar-refractivity contribution is 5.69. The number of carbonyl (C=O) groups is 1. The predicted molar refractivity (Wildman–Crippen MR) is 50.4 cm³/mol. The second kappa shape index (κ2) is 6.86. The molecular formula is C9H19NO3. The highest BCUT2D eigenvalue weighted by Gasteiger charge is 2.09. The molecule has 1 unspecified atom stereocenters. The van der Waals surface area contributed by atoms with Gasteiger partial charge in [0.05, 0.1) is 13.2 Å². The number of methoxy groups -OCH3 is 1. The molecule has 0 aliphatic rings. The van der Waals surface area contributed by atoms with E-state index in [1.54, 1.807) is 0 Å². The van der Waals surface area contributed by atoms with E-state index in [0.29, 0.717) is 13.0 Å². The molecule has 1 atom stereocenters. The van der Waals surface area contributed by atoms with Crippen LogP contribution in [-0.4, -0.2) is 49.3 Å². The fraction of sp³-hybridized carbons (Fsp3) is 0.889. The van der Waals surface area contributed by atoms with E-state index in [1.165, 1.54) is 7.11 Å². The average Bonchev–Trinajstić information content (AvgIpc) is 2.13. The minimum atomic E-state index is -0.441. The van der Waals surface area contributed by atoms with Crippen LogP contribution in [0.2, 0.25) is 0 Å². The topological polar surface area (TPSA) is 49.8 Å². The van der Waals surface area contributed by atoms with Crippen LogP contribution >= 0.6 is 0 Å². The molecule has 4 nitrogen and oxygen atoms in total. The van der Waals surface area contributed by atoms with Crippen molar-refractivity contribution in [2.45, 2.75) is 25.9 Å². The lowest BCUT2D eigenvalue weighted by Gasteiger charge is -2.17. The Balaban J connectivity index is 3.50. The maximum atomic E-state index is 10.7. The number of aliphatic hydroxyl groups is 1. The lowest BCUT2D eigenvalue weighted by molar-refractivity contribution is -0.141. The Morgan fingerprint density at radius 1 is 1.62 bits per heavy atom. The van der Waals surface area contributed by atoms with Gasteiger partial charge in [-0.25, -0.2) is 0 Å². The molecule has 0 heterocycles. The van der Waals surface area contributed by atoms with E-state index < -0.39 is 6.10 Å². The van der Waals surface area contributed by atoms with Crippen LogP contribution in [0.25, 0.3) is 0 Å². The number of aliphatic hydroxyl groups excluding tert-OH is 1. The zero-order valence-corrected chi connectivity index (χ0v) is 8.62. The highest BCUT2D eigenvalue weighted by Crippen LogP contribution is 2.00. The molecule has 0 amide bonds. The molecular weight excluding hydrogens is 170 g/mol. The Labute approximate surface area is 79.5 Å². The smallest absolute Gasteiger partial charge is 0.305 e. The molecule has 0 saturated carbocycles. The molecule has 78 valence electrons. The van der Waals surface area contributed by atoms with Gasteiger partial charge in [0.2, 0.25) is 0 Å². The van der Waals surface area contributed by atoms with Crippen molar-refractivity contribution in [2.75, 3.05) is 27.2 Å². The fourth-order valence-electron chi connectivity index (χ4n) is 0.967. The van der Waals surface area contributed by atoms with E-state index in [9.17, 15) is 9.90 Å². The molecule has 1 N–H and O–H groups in total. The number of esters is 1. The van der Waals surface area contributed by atoms with Crippen LogP contribution in [0.5, 0.6) is 0 Å². The first kappa shape index (κ1) is 12.4. The van der Waals surface area contributed by atoms with Gasteiger partial charge in [-0.05, 0) is 20.0 Å². The van der Waals surface area contributed by atoms with E-state index >= 15 is 0 Å². The molecule has 0 aliphatic heterocycles. The van der Waals surface area contributed by atoms with Crippen molar-refractivity contribution in [3.05, 3.63) is 0 Å². The summed E-state index contributed by atoms with van der Waals surface area (Å²) in [6.45, 7) is 3.52. The second-order valence-corrected chi connectivity index (χ2v) is 3.12. The van der Waals surface area contributed by atoms with Crippen LogP contribution in [0, 0.1) is 0 Å². The lowest BCUT2D eigenvalue weighted by Crippen LogP contribution is -2.29. The minimum absolute atomic E-state index is 0.266. The van der Waals surface area contributed by atoms with Gasteiger partial charge >= 0.3 is 5.97 Å². The molecule has 0 aromatic rings. The van der Waals surface area contributed by atoms with Gasteiger partial charge in [-0.15, -0.1) is 0 Å². The Morgan fingerprint density at radius 3 is 2.69 bits per heavy atom. The summed E-state index contributed by atoms with van der Waals surface area (Å²) in [7, 11) is 3.29. The van der Waals surface area contributed by atoms with E-state index in [4.69, 9.17) is 0 Å². The lowest BCUT2D eigenvalue weighted by atomic mass is 10.2. The molecule has 4 heteroatoms. The highest BCUT2D eigenvalue weighted by atomic mass is 16.5. The van der Waals surface area contributed by atoms with Gasteiger partial charge in [0, 0.05) is 13.0 Å². The first-order valence-electron chi connectivity index (χ1n) is 4.53.